The third-order valence-corrected chi connectivity index (χ3v) is 4.62. The van der Waals surface area contributed by atoms with Crippen molar-refractivity contribution >= 4 is 35.0 Å². The van der Waals surface area contributed by atoms with Gasteiger partial charge in [-0.05, 0) is 42.8 Å². The molecule has 0 radical (unpaired) electrons. The summed E-state index contributed by atoms with van der Waals surface area (Å²) in [4.78, 5) is 12.6. The Morgan fingerprint density at radius 3 is 2.63 bits per heavy atom. The van der Waals surface area contributed by atoms with Crippen molar-refractivity contribution in [2.24, 2.45) is 5.10 Å². The van der Waals surface area contributed by atoms with E-state index in [1.165, 1.54) is 5.01 Å². The molecule has 0 saturated carbocycles. The maximum absolute atomic E-state index is 12.6. The van der Waals surface area contributed by atoms with Crippen LogP contribution in [0.5, 0.6) is 11.5 Å². The van der Waals surface area contributed by atoms with Crippen molar-refractivity contribution in [2.75, 3.05) is 18.4 Å². The standard InChI is InChI=1S/C20H18ClN3O3/c1-12-8-14-9-17-18(27-11-26-17)10-16(14)20(13-2-4-15(22)5-3-13)23-24(12)19(25)6-7-21/h2-5,8-10H,6-7,11,22H2,1H3. The van der Waals surface area contributed by atoms with E-state index in [-0.39, 0.29) is 25.0 Å². The molecule has 2 aliphatic heterocycles. The van der Waals surface area contributed by atoms with Crippen LogP contribution in [-0.4, -0.2) is 29.3 Å². The van der Waals surface area contributed by atoms with Crippen molar-refractivity contribution in [2.45, 2.75) is 13.3 Å². The van der Waals surface area contributed by atoms with Gasteiger partial charge in [0.2, 0.25) is 12.7 Å². The molecule has 6 nitrogen and oxygen atoms in total. The van der Waals surface area contributed by atoms with Crippen molar-refractivity contribution < 1.29 is 14.3 Å². The van der Waals surface area contributed by atoms with E-state index in [1.54, 1.807) is 12.1 Å². The number of amides is 1. The minimum Gasteiger partial charge on any atom is -0.454 e. The molecule has 7 heteroatoms. The van der Waals surface area contributed by atoms with Crippen LogP contribution in [0.1, 0.15) is 30.0 Å². The number of rotatable bonds is 3. The zero-order chi connectivity index (χ0) is 19.0. The average Bonchev–Trinajstić information content (AvgIpc) is 3.05. The predicted molar refractivity (Wildman–Crippen MR) is 105 cm³/mol. The van der Waals surface area contributed by atoms with E-state index in [0.717, 1.165) is 16.7 Å². The van der Waals surface area contributed by atoms with Crippen LogP contribution in [-0.2, 0) is 4.79 Å². The third-order valence-electron chi connectivity index (χ3n) is 4.43. The number of carbonyl (C=O) groups is 1. The number of carbonyl (C=O) groups excluding carboxylic acids is 1. The highest BCUT2D eigenvalue weighted by molar-refractivity contribution is 6.19. The maximum Gasteiger partial charge on any atom is 0.248 e. The van der Waals surface area contributed by atoms with Gasteiger partial charge in [0.05, 0.1) is 5.71 Å². The molecule has 0 aromatic heterocycles. The highest BCUT2D eigenvalue weighted by Gasteiger charge is 2.25. The molecule has 2 N–H and O–H groups in total. The smallest absolute Gasteiger partial charge is 0.248 e. The number of benzene rings is 2. The lowest BCUT2D eigenvalue weighted by molar-refractivity contribution is -0.128. The van der Waals surface area contributed by atoms with Crippen LogP contribution in [0, 0.1) is 0 Å². The Morgan fingerprint density at radius 1 is 1.22 bits per heavy atom. The van der Waals surface area contributed by atoms with Crippen molar-refractivity contribution in [3.8, 4) is 11.5 Å². The first-order chi connectivity index (χ1) is 13.1. The molecule has 2 aromatic rings. The second kappa shape index (κ2) is 6.96. The number of hydrogen-bond donors (Lipinski definition) is 1. The molecule has 0 bridgehead atoms. The molecule has 0 aliphatic carbocycles. The van der Waals surface area contributed by atoms with Gasteiger partial charge in [-0.25, -0.2) is 5.01 Å². The van der Waals surface area contributed by atoms with Crippen molar-refractivity contribution in [1.29, 1.82) is 0 Å². The molecule has 2 aliphatic rings. The van der Waals surface area contributed by atoms with Gasteiger partial charge in [-0.3, -0.25) is 4.79 Å². The summed E-state index contributed by atoms with van der Waals surface area (Å²) in [5.74, 6) is 1.40. The quantitative estimate of drug-likeness (QED) is 0.649. The first-order valence-electron chi connectivity index (χ1n) is 8.52. The molecule has 0 fully saturated rings. The molecule has 0 saturated heterocycles. The van der Waals surface area contributed by atoms with Crippen LogP contribution >= 0.6 is 11.6 Å². The lowest BCUT2D eigenvalue weighted by Crippen LogP contribution is -2.25. The van der Waals surface area contributed by atoms with Crippen molar-refractivity contribution in [1.82, 2.24) is 5.01 Å². The van der Waals surface area contributed by atoms with Gasteiger partial charge >= 0.3 is 0 Å². The topological polar surface area (TPSA) is 77.2 Å². The molecule has 0 unspecified atom stereocenters. The molecule has 138 valence electrons. The summed E-state index contributed by atoms with van der Waals surface area (Å²) in [5.41, 5.74) is 10.4. The van der Waals surface area contributed by atoms with Crippen LogP contribution < -0.4 is 15.2 Å². The number of hydrazone groups is 1. The first-order valence-corrected chi connectivity index (χ1v) is 9.06. The molecule has 0 atom stereocenters. The van der Waals surface area contributed by atoms with Gasteiger partial charge in [0.15, 0.2) is 11.5 Å². The number of alkyl halides is 1. The molecule has 2 heterocycles. The summed E-state index contributed by atoms with van der Waals surface area (Å²) in [7, 11) is 0. The average molecular weight is 384 g/mol. The number of anilines is 1. The second-order valence-electron chi connectivity index (χ2n) is 6.29. The number of hydrogen-bond acceptors (Lipinski definition) is 5. The summed E-state index contributed by atoms with van der Waals surface area (Å²) in [5, 5.41) is 6.08. The number of nitrogens with zero attached hydrogens (tertiary/aromatic N) is 2. The molecular formula is C20H18ClN3O3. The van der Waals surface area contributed by atoms with Crippen LogP contribution in [0.25, 0.3) is 6.08 Å². The normalized spacial score (nSPS) is 15.0. The Balaban J connectivity index is 1.91. The molecule has 27 heavy (non-hydrogen) atoms. The van der Waals surface area contributed by atoms with Crippen molar-refractivity contribution in [3.63, 3.8) is 0 Å². The van der Waals surface area contributed by atoms with Gasteiger partial charge in [0.1, 0.15) is 0 Å². The Kier molecular flexibility index (Phi) is 4.49. The predicted octanol–water partition coefficient (Wildman–Crippen LogP) is 3.58. The number of fused-ring (bicyclic) bond motifs is 2. The number of allylic oxidation sites excluding steroid dienone is 1. The minimum atomic E-state index is -0.167. The van der Waals surface area contributed by atoms with E-state index in [9.17, 15) is 4.79 Å². The van der Waals surface area contributed by atoms with E-state index < -0.39 is 0 Å². The third kappa shape index (κ3) is 3.24. The van der Waals surface area contributed by atoms with E-state index in [2.05, 4.69) is 5.10 Å². The fraction of sp³-hybridized carbons (Fsp3) is 0.200. The van der Waals surface area contributed by atoms with Crippen LogP contribution in [0.3, 0.4) is 0 Å². The number of nitrogens with two attached hydrogens (primary N) is 1. The maximum atomic E-state index is 12.6. The lowest BCUT2D eigenvalue weighted by atomic mass is 9.96. The molecule has 0 spiro atoms. The van der Waals surface area contributed by atoms with Crippen molar-refractivity contribution in [3.05, 3.63) is 58.8 Å². The monoisotopic (exact) mass is 383 g/mol. The van der Waals surface area contributed by atoms with Gasteiger partial charge in [0.25, 0.3) is 0 Å². The summed E-state index contributed by atoms with van der Waals surface area (Å²) in [6, 6.07) is 11.2. The van der Waals surface area contributed by atoms with E-state index >= 15 is 0 Å². The van der Waals surface area contributed by atoms with Crippen LogP contribution in [0.4, 0.5) is 5.69 Å². The van der Waals surface area contributed by atoms with Crippen LogP contribution in [0.15, 0.2) is 47.2 Å². The zero-order valence-corrected chi connectivity index (χ0v) is 15.5. The second-order valence-corrected chi connectivity index (χ2v) is 6.67. The van der Waals surface area contributed by atoms with E-state index in [1.807, 2.05) is 37.3 Å². The van der Waals surface area contributed by atoms with Gasteiger partial charge < -0.3 is 15.2 Å². The first kappa shape index (κ1) is 17.4. The molecule has 4 rings (SSSR count). The summed E-state index contributed by atoms with van der Waals surface area (Å²) in [6.07, 6.45) is 2.11. The number of nitrogen functional groups attached to an aromatic ring is 1. The fourth-order valence-corrected chi connectivity index (χ4v) is 3.26. The van der Waals surface area contributed by atoms with E-state index in [4.69, 9.17) is 26.8 Å². The lowest BCUT2D eigenvalue weighted by Gasteiger charge is -2.17. The van der Waals surface area contributed by atoms with Gasteiger partial charge in [-0.15, -0.1) is 11.6 Å². The molecule has 1 amide bonds. The van der Waals surface area contributed by atoms with Gasteiger partial charge in [-0.2, -0.15) is 5.10 Å². The number of ether oxygens (including phenoxy) is 2. The Labute approximate surface area is 161 Å². The highest BCUT2D eigenvalue weighted by atomic mass is 35.5. The fourth-order valence-electron chi connectivity index (χ4n) is 3.09. The molecular weight excluding hydrogens is 366 g/mol. The number of halogens is 1. The summed E-state index contributed by atoms with van der Waals surface area (Å²) < 4.78 is 11.0. The Hall–Kier alpha value is -2.99. The van der Waals surface area contributed by atoms with Crippen LogP contribution in [0.2, 0.25) is 0 Å². The SMILES string of the molecule is CC1=Cc2cc3c(cc2C(c2ccc(N)cc2)=NN1C(=O)CCCl)OCO3. The van der Waals surface area contributed by atoms with E-state index in [0.29, 0.717) is 28.6 Å². The highest BCUT2D eigenvalue weighted by Crippen LogP contribution is 2.38. The molecule has 2 aromatic carbocycles. The largest absolute Gasteiger partial charge is 0.454 e. The minimum absolute atomic E-state index is 0.167. The Morgan fingerprint density at radius 2 is 1.93 bits per heavy atom. The van der Waals surface area contributed by atoms with Gasteiger partial charge in [0, 0.05) is 34.8 Å². The van der Waals surface area contributed by atoms with Gasteiger partial charge in [-0.1, -0.05) is 12.1 Å². The Bertz CT molecular complexity index is 967. The summed E-state index contributed by atoms with van der Waals surface area (Å²) >= 11 is 5.77. The summed E-state index contributed by atoms with van der Waals surface area (Å²) in [6.45, 7) is 2.03. The zero-order valence-electron chi connectivity index (χ0n) is 14.7.